The zero-order chi connectivity index (χ0) is 10.8. The van der Waals surface area contributed by atoms with Crippen LogP contribution in [-0.4, -0.2) is 12.8 Å². The summed E-state index contributed by atoms with van der Waals surface area (Å²) < 4.78 is 63.8. The molecule has 78 valence electrons. The zero-order valence-corrected chi connectivity index (χ0v) is 6.74. The highest BCUT2D eigenvalue weighted by Crippen LogP contribution is 2.19. The van der Waals surface area contributed by atoms with Crippen molar-refractivity contribution in [1.29, 1.82) is 0 Å². The molecular formula is C8H5F5O. The smallest absolute Gasteiger partial charge is 0.422 e. The van der Waals surface area contributed by atoms with E-state index in [1.807, 2.05) is 0 Å². The lowest BCUT2D eigenvalue weighted by Gasteiger charge is -2.08. The summed E-state index contributed by atoms with van der Waals surface area (Å²) in [4.78, 5) is 0. The van der Waals surface area contributed by atoms with Gasteiger partial charge in [0.25, 0.3) is 0 Å². The van der Waals surface area contributed by atoms with Gasteiger partial charge in [-0.2, -0.15) is 13.2 Å². The Hall–Kier alpha value is -1.33. The molecular weight excluding hydrogens is 207 g/mol. The Balaban J connectivity index is 2.65. The lowest BCUT2D eigenvalue weighted by atomic mass is 10.3. The minimum absolute atomic E-state index is 0.360. The van der Waals surface area contributed by atoms with E-state index in [0.29, 0.717) is 12.1 Å². The maximum atomic E-state index is 12.5. The fourth-order valence-electron chi connectivity index (χ4n) is 0.732. The quantitative estimate of drug-likeness (QED) is 0.685. The third-order valence-corrected chi connectivity index (χ3v) is 1.29. The van der Waals surface area contributed by atoms with E-state index in [1.54, 1.807) is 0 Å². The van der Waals surface area contributed by atoms with E-state index >= 15 is 0 Å². The highest BCUT2D eigenvalue weighted by Gasteiger charge is 2.28. The SMILES string of the molecule is Fc1ccc(OCC(F)(F)F)cc1F. The van der Waals surface area contributed by atoms with Gasteiger partial charge in [-0.3, -0.25) is 0 Å². The van der Waals surface area contributed by atoms with Crippen LogP contribution in [0.4, 0.5) is 22.0 Å². The number of benzene rings is 1. The first kappa shape index (κ1) is 10.7. The van der Waals surface area contributed by atoms with Crippen LogP contribution < -0.4 is 4.74 Å². The van der Waals surface area contributed by atoms with Crippen LogP contribution in [0, 0.1) is 11.6 Å². The fraction of sp³-hybridized carbons (Fsp3) is 0.250. The van der Waals surface area contributed by atoms with Crippen LogP contribution in [0.5, 0.6) is 5.75 Å². The lowest BCUT2D eigenvalue weighted by Crippen LogP contribution is -2.19. The standard InChI is InChI=1S/C8H5F5O/c9-6-2-1-5(3-7(6)10)14-4-8(11,12)13/h1-3H,4H2. The summed E-state index contributed by atoms with van der Waals surface area (Å²) in [5.41, 5.74) is 0. The van der Waals surface area contributed by atoms with Crippen molar-refractivity contribution in [3.05, 3.63) is 29.8 Å². The highest BCUT2D eigenvalue weighted by atomic mass is 19.4. The first-order valence-corrected chi connectivity index (χ1v) is 3.53. The number of ether oxygens (including phenoxy) is 1. The van der Waals surface area contributed by atoms with Crippen LogP contribution in [0.15, 0.2) is 18.2 Å². The Morgan fingerprint density at radius 3 is 2.21 bits per heavy atom. The molecule has 0 N–H and O–H groups in total. The van der Waals surface area contributed by atoms with E-state index in [4.69, 9.17) is 0 Å². The van der Waals surface area contributed by atoms with Crippen molar-refractivity contribution >= 4 is 0 Å². The molecule has 0 fully saturated rings. The number of alkyl halides is 3. The van der Waals surface area contributed by atoms with Crippen molar-refractivity contribution in [2.24, 2.45) is 0 Å². The second kappa shape index (κ2) is 3.81. The van der Waals surface area contributed by atoms with Gasteiger partial charge in [-0.1, -0.05) is 0 Å². The molecule has 1 nitrogen and oxygen atoms in total. The van der Waals surface area contributed by atoms with Gasteiger partial charge in [0.2, 0.25) is 0 Å². The molecule has 0 atom stereocenters. The third kappa shape index (κ3) is 3.20. The lowest BCUT2D eigenvalue weighted by molar-refractivity contribution is -0.153. The molecule has 0 saturated carbocycles. The second-order valence-electron chi connectivity index (χ2n) is 2.48. The van der Waals surface area contributed by atoms with Gasteiger partial charge in [-0.25, -0.2) is 8.78 Å². The molecule has 0 aliphatic rings. The summed E-state index contributed by atoms with van der Waals surface area (Å²) in [5, 5.41) is 0. The molecule has 6 heteroatoms. The van der Waals surface area contributed by atoms with Gasteiger partial charge in [-0.15, -0.1) is 0 Å². The minimum Gasteiger partial charge on any atom is -0.484 e. The van der Waals surface area contributed by atoms with Crippen molar-refractivity contribution in [1.82, 2.24) is 0 Å². The summed E-state index contributed by atoms with van der Waals surface area (Å²) in [5.74, 6) is -2.74. The maximum absolute atomic E-state index is 12.5. The van der Waals surface area contributed by atoms with E-state index in [9.17, 15) is 22.0 Å². The van der Waals surface area contributed by atoms with Gasteiger partial charge in [0.1, 0.15) is 5.75 Å². The van der Waals surface area contributed by atoms with Gasteiger partial charge < -0.3 is 4.74 Å². The Labute approximate surface area is 76.1 Å². The molecule has 0 amide bonds. The first-order valence-electron chi connectivity index (χ1n) is 3.53. The molecule has 0 spiro atoms. The molecule has 0 aliphatic carbocycles. The van der Waals surface area contributed by atoms with Gasteiger partial charge in [0.15, 0.2) is 18.2 Å². The van der Waals surface area contributed by atoms with E-state index in [-0.39, 0.29) is 5.75 Å². The zero-order valence-electron chi connectivity index (χ0n) is 6.74. The van der Waals surface area contributed by atoms with Crippen molar-refractivity contribution in [3.8, 4) is 5.75 Å². The van der Waals surface area contributed by atoms with Crippen LogP contribution in [-0.2, 0) is 0 Å². The molecule has 0 aromatic heterocycles. The minimum atomic E-state index is -4.50. The number of halogens is 5. The molecule has 1 aromatic rings. The Morgan fingerprint density at radius 2 is 1.71 bits per heavy atom. The number of hydrogen-bond donors (Lipinski definition) is 0. The molecule has 0 aliphatic heterocycles. The Kier molecular flexibility index (Phi) is 2.93. The van der Waals surface area contributed by atoms with E-state index in [1.165, 1.54) is 0 Å². The van der Waals surface area contributed by atoms with Crippen LogP contribution in [0.25, 0.3) is 0 Å². The maximum Gasteiger partial charge on any atom is 0.422 e. The van der Waals surface area contributed by atoms with E-state index in [0.717, 1.165) is 6.07 Å². The van der Waals surface area contributed by atoms with Gasteiger partial charge in [0, 0.05) is 6.07 Å². The summed E-state index contributed by atoms with van der Waals surface area (Å²) in [6.45, 7) is -1.53. The van der Waals surface area contributed by atoms with Crippen molar-refractivity contribution in [2.75, 3.05) is 6.61 Å². The van der Waals surface area contributed by atoms with Crippen molar-refractivity contribution in [2.45, 2.75) is 6.18 Å². The first-order chi connectivity index (χ1) is 6.38. The third-order valence-electron chi connectivity index (χ3n) is 1.29. The summed E-state index contributed by atoms with van der Waals surface area (Å²) in [6.07, 6.45) is -4.50. The van der Waals surface area contributed by atoms with Crippen LogP contribution in [0.1, 0.15) is 0 Å². The fourth-order valence-corrected chi connectivity index (χ4v) is 0.732. The molecule has 0 saturated heterocycles. The average Bonchev–Trinajstić information content (AvgIpc) is 2.06. The second-order valence-corrected chi connectivity index (χ2v) is 2.48. The summed E-state index contributed by atoms with van der Waals surface area (Å²) in [7, 11) is 0. The molecule has 0 heterocycles. The molecule has 1 aromatic carbocycles. The Bertz CT molecular complexity index is 320. The Morgan fingerprint density at radius 1 is 1.07 bits per heavy atom. The molecule has 14 heavy (non-hydrogen) atoms. The summed E-state index contributed by atoms with van der Waals surface area (Å²) in [6, 6.07) is 2.17. The van der Waals surface area contributed by atoms with Crippen LogP contribution >= 0.6 is 0 Å². The highest BCUT2D eigenvalue weighted by molar-refractivity contribution is 5.23. The van der Waals surface area contributed by atoms with Gasteiger partial charge >= 0.3 is 6.18 Å². The molecule has 0 radical (unpaired) electrons. The number of hydrogen-bond acceptors (Lipinski definition) is 1. The predicted octanol–water partition coefficient (Wildman–Crippen LogP) is 2.91. The monoisotopic (exact) mass is 212 g/mol. The average molecular weight is 212 g/mol. The van der Waals surface area contributed by atoms with E-state index in [2.05, 4.69) is 4.74 Å². The molecule has 0 unspecified atom stereocenters. The number of rotatable bonds is 2. The normalized spacial score (nSPS) is 11.5. The van der Waals surface area contributed by atoms with Gasteiger partial charge in [0.05, 0.1) is 0 Å². The van der Waals surface area contributed by atoms with E-state index < -0.39 is 24.4 Å². The predicted molar refractivity (Wildman–Crippen MR) is 37.9 cm³/mol. The van der Waals surface area contributed by atoms with Gasteiger partial charge in [-0.05, 0) is 12.1 Å². The summed E-state index contributed by atoms with van der Waals surface area (Å²) >= 11 is 0. The van der Waals surface area contributed by atoms with Crippen LogP contribution in [0.3, 0.4) is 0 Å². The topological polar surface area (TPSA) is 9.23 Å². The van der Waals surface area contributed by atoms with Crippen molar-refractivity contribution < 1.29 is 26.7 Å². The van der Waals surface area contributed by atoms with Crippen LogP contribution in [0.2, 0.25) is 0 Å². The van der Waals surface area contributed by atoms with Crippen molar-refractivity contribution in [3.63, 3.8) is 0 Å². The molecule has 0 bridgehead atoms. The molecule has 1 rings (SSSR count). The largest absolute Gasteiger partial charge is 0.484 e.